The standard InChI is InChI=1S/C61H109NO13/c1-3-5-7-9-11-13-15-17-18-19-20-21-22-23-24-25-26-27-28-29-30-31-33-34-36-38-40-42-44-50(65)49(62-53(66)45-43-41-39-37-35-32-16-14-12-10-8-6-4-2)48-72-60-58(71)56(69)59(52(47-64)74-60)75-61-57(70)55(68)54(67)51(46-63)73-61/h8,10,14,16,29-30,34,36,42,44,49-52,54-61,63-65,67-71H,3-7,9,11-13,15,17-28,31-33,35,37-41,43,45-48H2,1-2H3,(H,62,66)/b10-8-,16-14-,30-29+,36-34+,44-42+. The van der Waals surface area contributed by atoms with E-state index in [1.165, 1.54) is 116 Å². The van der Waals surface area contributed by atoms with Gasteiger partial charge in [-0.15, -0.1) is 0 Å². The van der Waals surface area contributed by atoms with Gasteiger partial charge in [0.05, 0.1) is 32.0 Å². The molecular formula is C61H109NO13. The summed E-state index contributed by atoms with van der Waals surface area (Å²) < 4.78 is 22.7. The Morgan fingerprint density at radius 3 is 1.44 bits per heavy atom. The molecule has 2 saturated heterocycles. The number of rotatable bonds is 47. The molecular weight excluding hydrogens is 955 g/mol. The van der Waals surface area contributed by atoms with Crippen molar-refractivity contribution in [1.82, 2.24) is 5.32 Å². The second-order valence-electron chi connectivity index (χ2n) is 21.1. The van der Waals surface area contributed by atoms with Crippen molar-refractivity contribution in [1.29, 1.82) is 0 Å². The van der Waals surface area contributed by atoms with Gasteiger partial charge in [-0.3, -0.25) is 4.79 Å². The highest BCUT2D eigenvalue weighted by molar-refractivity contribution is 5.76. The van der Waals surface area contributed by atoms with Gasteiger partial charge in [-0.25, -0.2) is 0 Å². The molecule has 2 rings (SSSR count). The van der Waals surface area contributed by atoms with Crippen molar-refractivity contribution >= 4 is 5.91 Å². The summed E-state index contributed by atoms with van der Waals surface area (Å²) in [4.78, 5) is 13.2. The maximum Gasteiger partial charge on any atom is 0.220 e. The van der Waals surface area contributed by atoms with Crippen LogP contribution in [-0.4, -0.2) is 140 Å². The number of allylic oxidation sites excluding steroid dienone is 9. The molecule has 0 spiro atoms. The summed E-state index contributed by atoms with van der Waals surface area (Å²) >= 11 is 0. The predicted molar refractivity (Wildman–Crippen MR) is 300 cm³/mol. The van der Waals surface area contributed by atoms with E-state index < -0.39 is 86.8 Å². The van der Waals surface area contributed by atoms with Crippen molar-refractivity contribution in [3.63, 3.8) is 0 Å². The molecule has 0 aromatic rings. The molecule has 2 fully saturated rings. The van der Waals surface area contributed by atoms with Gasteiger partial charge in [0, 0.05) is 6.42 Å². The molecule has 12 atom stereocenters. The third kappa shape index (κ3) is 32.4. The second-order valence-corrected chi connectivity index (χ2v) is 21.1. The number of carbonyl (C=O) groups is 1. The first-order valence-electron chi connectivity index (χ1n) is 30.0. The average Bonchev–Trinajstić information content (AvgIpc) is 3.41. The highest BCUT2D eigenvalue weighted by atomic mass is 16.7. The Bertz CT molecular complexity index is 1490. The lowest BCUT2D eigenvalue weighted by Crippen LogP contribution is -2.65. The van der Waals surface area contributed by atoms with Crippen LogP contribution >= 0.6 is 0 Å². The smallest absolute Gasteiger partial charge is 0.220 e. The molecule has 2 aliphatic heterocycles. The molecule has 75 heavy (non-hydrogen) atoms. The van der Waals surface area contributed by atoms with E-state index in [0.717, 1.165) is 77.0 Å². The van der Waals surface area contributed by atoms with E-state index in [-0.39, 0.29) is 18.9 Å². The van der Waals surface area contributed by atoms with E-state index in [2.05, 4.69) is 67.8 Å². The number of aliphatic hydroxyl groups is 8. The fourth-order valence-corrected chi connectivity index (χ4v) is 9.54. The highest BCUT2D eigenvalue weighted by Crippen LogP contribution is 2.30. The second kappa shape index (κ2) is 46.6. The minimum absolute atomic E-state index is 0.251. The first-order valence-corrected chi connectivity index (χ1v) is 30.0. The maximum atomic E-state index is 13.2. The van der Waals surface area contributed by atoms with Gasteiger partial charge >= 0.3 is 0 Å². The van der Waals surface area contributed by atoms with Crippen molar-refractivity contribution in [3.8, 4) is 0 Å². The van der Waals surface area contributed by atoms with Crippen LogP contribution in [0, 0.1) is 0 Å². The van der Waals surface area contributed by atoms with Gasteiger partial charge in [-0.05, 0) is 70.6 Å². The van der Waals surface area contributed by atoms with E-state index in [4.69, 9.17) is 18.9 Å². The normalized spacial score (nSPS) is 25.5. The molecule has 9 N–H and O–H groups in total. The molecule has 1 amide bonds. The van der Waals surface area contributed by atoms with Gasteiger partial charge in [0.15, 0.2) is 12.6 Å². The van der Waals surface area contributed by atoms with Crippen LogP contribution in [0.1, 0.15) is 226 Å². The Hall–Kier alpha value is -2.31. The van der Waals surface area contributed by atoms with Crippen molar-refractivity contribution < 1.29 is 64.6 Å². The molecule has 14 heteroatoms. The number of hydrogen-bond acceptors (Lipinski definition) is 13. The zero-order valence-corrected chi connectivity index (χ0v) is 46.8. The van der Waals surface area contributed by atoms with Crippen molar-refractivity contribution in [3.05, 3.63) is 60.8 Å². The summed E-state index contributed by atoms with van der Waals surface area (Å²) in [5, 5.41) is 86.9. The average molecular weight is 1060 g/mol. The quantitative estimate of drug-likeness (QED) is 0.0204. The Labute approximate surface area is 454 Å². The molecule has 436 valence electrons. The van der Waals surface area contributed by atoms with E-state index in [9.17, 15) is 45.6 Å². The van der Waals surface area contributed by atoms with Gasteiger partial charge in [0.2, 0.25) is 5.91 Å². The zero-order chi connectivity index (χ0) is 54.6. The van der Waals surface area contributed by atoms with E-state index >= 15 is 0 Å². The predicted octanol–water partition coefficient (Wildman–Crippen LogP) is 10.2. The Morgan fingerprint density at radius 1 is 0.480 bits per heavy atom. The van der Waals surface area contributed by atoms with Crippen molar-refractivity contribution in [2.45, 2.75) is 299 Å². The number of nitrogens with one attached hydrogen (secondary N) is 1. The van der Waals surface area contributed by atoms with Crippen LogP contribution in [0.4, 0.5) is 0 Å². The van der Waals surface area contributed by atoms with Crippen LogP contribution in [0.5, 0.6) is 0 Å². The molecule has 2 aliphatic rings. The van der Waals surface area contributed by atoms with Gasteiger partial charge < -0.3 is 65.1 Å². The topological polar surface area (TPSA) is 228 Å². The SMILES string of the molecule is CCC/C=C\C/C=C\CCCCCCCC(=O)NC(COC1OC(CO)C(OC2OC(CO)C(O)C(O)C2O)C(O)C1O)C(O)/C=C/CC/C=C/CC/C=C/CCCCCCCCCCCCCCCCCCCC. The molecule has 0 saturated carbocycles. The zero-order valence-electron chi connectivity index (χ0n) is 46.8. The fraction of sp³-hybridized carbons (Fsp3) is 0.820. The van der Waals surface area contributed by atoms with Crippen molar-refractivity contribution in [2.24, 2.45) is 0 Å². The summed E-state index contributed by atoms with van der Waals surface area (Å²) in [5.74, 6) is -0.270. The molecule has 14 nitrogen and oxygen atoms in total. The third-order valence-corrected chi connectivity index (χ3v) is 14.4. The number of unbranched alkanes of at least 4 members (excludes halogenated alkanes) is 26. The number of carbonyl (C=O) groups excluding carboxylic acids is 1. The molecule has 0 radical (unpaired) electrons. The maximum absolute atomic E-state index is 13.2. The number of amides is 1. The summed E-state index contributed by atoms with van der Waals surface area (Å²) in [6, 6.07) is -0.947. The number of ether oxygens (including phenoxy) is 4. The summed E-state index contributed by atoms with van der Waals surface area (Å²) in [7, 11) is 0. The summed E-state index contributed by atoms with van der Waals surface area (Å²) in [5.41, 5.74) is 0. The van der Waals surface area contributed by atoms with Crippen LogP contribution in [0.25, 0.3) is 0 Å². The van der Waals surface area contributed by atoms with Gasteiger partial charge in [0.1, 0.15) is 48.8 Å². The summed E-state index contributed by atoms with van der Waals surface area (Å²) in [6.45, 7) is 2.69. The first-order chi connectivity index (χ1) is 36.6. The summed E-state index contributed by atoms with van der Waals surface area (Å²) in [6.07, 6.45) is 42.8. The Balaban J connectivity index is 1.75. The molecule has 0 aromatic heterocycles. The Kier molecular flexibility index (Phi) is 42.7. The molecule has 2 heterocycles. The van der Waals surface area contributed by atoms with Crippen LogP contribution in [-0.2, 0) is 23.7 Å². The lowest BCUT2D eigenvalue weighted by Gasteiger charge is -2.46. The fourth-order valence-electron chi connectivity index (χ4n) is 9.54. The van der Waals surface area contributed by atoms with E-state index in [0.29, 0.717) is 12.8 Å². The first kappa shape index (κ1) is 68.8. The van der Waals surface area contributed by atoms with E-state index in [1.807, 2.05) is 6.08 Å². The van der Waals surface area contributed by atoms with Gasteiger partial charge in [-0.1, -0.05) is 209 Å². The van der Waals surface area contributed by atoms with Gasteiger partial charge in [-0.2, -0.15) is 0 Å². The largest absolute Gasteiger partial charge is 0.394 e. The van der Waals surface area contributed by atoms with Gasteiger partial charge in [0.25, 0.3) is 0 Å². The minimum Gasteiger partial charge on any atom is -0.394 e. The van der Waals surface area contributed by atoms with Crippen LogP contribution in [0.15, 0.2) is 60.8 Å². The van der Waals surface area contributed by atoms with Crippen LogP contribution in [0.3, 0.4) is 0 Å². The molecule has 0 aliphatic carbocycles. The minimum atomic E-state index is -1.80. The number of hydrogen-bond donors (Lipinski definition) is 9. The number of aliphatic hydroxyl groups excluding tert-OH is 8. The monoisotopic (exact) mass is 1060 g/mol. The Morgan fingerprint density at radius 2 is 0.920 bits per heavy atom. The van der Waals surface area contributed by atoms with Crippen LogP contribution < -0.4 is 5.32 Å². The van der Waals surface area contributed by atoms with E-state index in [1.54, 1.807) is 6.08 Å². The highest BCUT2D eigenvalue weighted by Gasteiger charge is 2.51. The molecule has 0 bridgehead atoms. The lowest BCUT2D eigenvalue weighted by atomic mass is 9.97. The van der Waals surface area contributed by atoms with Crippen molar-refractivity contribution in [2.75, 3.05) is 19.8 Å². The van der Waals surface area contributed by atoms with Crippen LogP contribution in [0.2, 0.25) is 0 Å². The molecule has 12 unspecified atom stereocenters. The molecule has 0 aromatic carbocycles. The third-order valence-electron chi connectivity index (χ3n) is 14.4. The lowest BCUT2D eigenvalue weighted by molar-refractivity contribution is -0.359.